The van der Waals surface area contributed by atoms with Crippen LogP contribution in [-0.2, 0) is 13.1 Å². The number of nitrogens with one attached hydrogen (secondary N) is 1. The Kier molecular flexibility index (Phi) is 4.78. The molecule has 0 saturated carbocycles. The molecule has 6 rings (SSSR count). The van der Waals surface area contributed by atoms with Gasteiger partial charge in [-0.25, -0.2) is 4.39 Å². The Hall–Kier alpha value is -4.22. The average Bonchev–Trinajstić information content (AvgIpc) is 3.45. The molecule has 0 atom stereocenters. The highest BCUT2D eigenvalue weighted by Crippen LogP contribution is 2.42. The standard InChI is InChI=1S/C29H21FN2O2/c30-22-9-5-19(6-10-22)20-7-11-23-25(13-20)28-26-14-21(8-12-24(26)27(23)34-28)29(33)32-16-18-3-1-17(15-31)2-4-18/h1-14H,15-16,31H2,(H,32,33). The highest BCUT2D eigenvalue weighted by Gasteiger charge is 2.19. The molecular weight excluding hydrogens is 427 g/mol. The third-order valence-corrected chi connectivity index (χ3v) is 6.37. The number of hydrogen-bond acceptors (Lipinski definition) is 3. The summed E-state index contributed by atoms with van der Waals surface area (Å²) >= 11 is 0. The predicted octanol–water partition coefficient (Wildman–Crippen LogP) is 6.37. The van der Waals surface area contributed by atoms with E-state index in [2.05, 4.69) is 11.4 Å². The van der Waals surface area contributed by atoms with Crippen LogP contribution < -0.4 is 11.1 Å². The zero-order chi connectivity index (χ0) is 23.2. The second-order valence-corrected chi connectivity index (χ2v) is 8.49. The van der Waals surface area contributed by atoms with Crippen LogP contribution >= 0.6 is 0 Å². The molecule has 1 amide bonds. The van der Waals surface area contributed by atoms with Gasteiger partial charge in [0.05, 0.1) is 0 Å². The Morgan fingerprint density at radius 1 is 0.735 bits per heavy atom. The van der Waals surface area contributed by atoms with Crippen molar-refractivity contribution in [2.24, 2.45) is 5.73 Å². The Morgan fingerprint density at radius 3 is 2.09 bits per heavy atom. The summed E-state index contributed by atoms with van der Waals surface area (Å²) in [6, 6.07) is 26.1. The number of fused-ring (bicyclic) bond motifs is 8. The van der Waals surface area contributed by atoms with Crippen molar-refractivity contribution in [3.05, 3.63) is 107 Å². The van der Waals surface area contributed by atoms with Gasteiger partial charge in [-0.3, -0.25) is 4.79 Å². The second kappa shape index (κ2) is 7.97. The van der Waals surface area contributed by atoms with Crippen LogP contribution in [0, 0.1) is 5.82 Å². The Morgan fingerprint density at radius 2 is 1.35 bits per heavy atom. The number of carbonyl (C=O) groups is 1. The third kappa shape index (κ3) is 3.38. The summed E-state index contributed by atoms with van der Waals surface area (Å²) in [5.74, 6) is -0.399. The highest BCUT2D eigenvalue weighted by molar-refractivity contribution is 6.26. The smallest absolute Gasteiger partial charge is 0.251 e. The predicted molar refractivity (Wildman–Crippen MR) is 133 cm³/mol. The minimum absolute atomic E-state index is 0.139. The normalized spacial score (nSPS) is 11.6. The van der Waals surface area contributed by atoms with E-state index in [-0.39, 0.29) is 11.7 Å². The maximum Gasteiger partial charge on any atom is 0.251 e. The molecule has 166 valence electrons. The Labute approximate surface area is 195 Å². The fraction of sp³-hybridized carbons (Fsp3) is 0.0690. The fourth-order valence-corrected chi connectivity index (χ4v) is 4.51. The van der Waals surface area contributed by atoms with Crippen LogP contribution in [0.15, 0.2) is 89.3 Å². The van der Waals surface area contributed by atoms with E-state index >= 15 is 0 Å². The van der Waals surface area contributed by atoms with Gasteiger partial charge in [-0.2, -0.15) is 0 Å². The van der Waals surface area contributed by atoms with Gasteiger partial charge in [0, 0.05) is 40.2 Å². The largest absolute Gasteiger partial charge is 0.455 e. The Bertz CT molecular complexity index is 1650. The fourth-order valence-electron chi connectivity index (χ4n) is 4.51. The molecule has 2 aromatic heterocycles. The van der Waals surface area contributed by atoms with Gasteiger partial charge in [-0.1, -0.05) is 42.5 Å². The van der Waals surface area contributed by atoms with Crippen LogP contribution in [0.2, 0.25) is 0 Å². The number of amides is 1. The molecule has 0 unspecified atom stereocenters. The first kappa shape index (κ1) is 20.4. The van der Waals surface area contributed by atoms with E-state index in [1.165, 1.54) is 12.1 Å². The SMILES string of the molecule is NCc1ccc(CNC(=O)c2ccc3c(c2)c2oc3c3ccc(-c4ccc(F)cc4)cc32)cc1. The van der Waals surface area contributed by atoms with Crippen molar-refractivity contribution in [2.75, 3.05) is 0 Å². The van der Waals surface area contributed by atoms with Gasteiger partial charge in [-0.05, 0) is 64.7 Å². The lowest BCUT2D eigenvalue weighted by Crippen LogP contribution is -2.22. The van der Waals surface area contributed by atoms with E-state index in [4.69, 9.17) is 10.2 Å². The summed E-state index contributed by atoms with van der Waals surface area (Å²) in [6.45, 7) is 0.936. The zero-order valence-electron chi connectivity index (χ0n) is 18.3. The van der Waals surface area contributed by atoms with Crippen molar-refractivity contribution in [3.8, 4) is 11.1 Å². The van der Waals surface area contributed by atoms with Crippen LogP contribution in [0.4, 0.5) is 4.39 Å². The van der Waals surface area contributed by atoms with Crippen molar-refractivity contribution in [2.45, 2.75) is 13.1 Å². The molecule has 34 heavy (non-hydrogen) atoms. The van der Waals surface area contributed by atoms with Gasteiger partial charge >= 0.3 is 0 Å². The first-order valence-electron chi connectivity index (χ1n) is 11.1. The van der Waals surface area contributed by atoms with Gasteiger partial charge < -0.3 is 15.5 Å². The van der Waals surface area contributed by atoms with Crippen LogP contribution in [-0.4, -0.2) is 5.91 Å². The number of halogens is 1. The minimum atomic E-state index is -0.260. The number of hydrogen-bond donors (Lipinski definition) is 2. The summed E-state index contributed by atoms with van der Waals surface area (Å²) in [5.41, 5.74) is 11.8. The lowest BCUT2D eigenvalue weighted by atomic mass is 9.97. The van der Waals surface area contributed by atoms with E-state index < -0.39 is 0 Å². The zero-order valence-corrected chi connectivity index (χ0v) is 18.3. The molecule has 2 heterocycles. The van der Waals surface area contributed by atoms with Crippen LogP contribution in [0.5, 0.6) is 0 Å². The van der Waals surface area contributed by atoms with Crippen molar-refractivity contribution >= 4 is 38.6 Å². The van der Waals surface area contributed by atoms with E-state index in [0.29, 0.717) is 18.7 Å². The number of carbonyl (C=O) groups excluding carboxylic acids is 1. The second-order valence-electron chi connectivity index (χ2n) is 8.49. The summed E-state index contributed by atoms with van der Waals surface area (Å²) in [5, 5.41) is 6.91. The molecule has 0 aliphatic rings. The Balaban J connectivity index is 1.32. The molecule has 0 spiro atoms. The van der Waals surface area contributed by atoms with Crippen LogP contribution in [0.25, 0.3) is 43.8 Å². The van der Waals surface area contributed by atoms with Gasteiger partial charge in [0.15, 0.2) is 0 Å². The van der Waals surface area contributed by atoms with Crippen molar-refractivity contribution in [3.63, 3.8) is 0 Å². The maximum absolute atomic E-state index is 13.3. The maximum atomic E-state index is 13.3. The number of nitrogens with two attached hydrogens (primary N) is 1. The summed E-state index contributed by atoms with van der Waals surface area (Å²) in [7, 11) is 0. The van der Waals surface area contributed by atoms with E-state index in [1.807, 2.05) is 54.6 Å². The topological polar surface area (TPSA) is 68.3 Å². The average molecular weight is 448 g/mol. The van der Waals surface area contributed by atoms with Crippen LogP contribution in [0.3, 0.4) is 0 Å². The molecule has 3 N–H and O–H groups in total. The van der Waals surface area contributed by atoms with Gasteiger partial charge in [0.2, 0.25) is 0 Å². The third-order valence-electron chi connectivity index (χ3n) is 6.37. The summed E-state index contributed by atoms with van der Waals surface area (Å²) in [4.78, 5) is 12.8. The lowest BCUT2D eigenvalue weighted by molar-refractivity contribution is 0.0951. The first-order valence-corrected chi connectivity index (χ1v) is 11.1. The van der Waals surface area contributed by atoms with E-state index in [9.17, 15) is 9.18 Å². The molecule has 2 bridgehead atoms. The van der Waals surface area contributed by atoms with Crippen molar-refractivity contribution in [1.82, 2.24) is 5.32 Å². The van der Waals surface area contributed by atoms with E-state index in [1.54, 1.807) is 12.1 Å². The molecule has 4 nitrogen and oxygen atoms in total. The number of benzene rings is 5. The van der Waals surface area contributed by atoms with Crippen molar-refractivity contribution < 1.29 is 13.6 Å². The van der Waals surface area contributed by atoms with E-state index in [0.717, 1.165) is 55.0 Å². The molecule has 6 aromatic rings. The highest BCUT2D eigenvalue weighted by atomic mass is 19.1. The number of furan rings is 2. The molecule has 4 aromatic carbocycles. The van der Waals surface area contributed by atoms with Gasteiger partial charge in [0.1, 0.15) is 17.0 Å². The quantitative estimate of drug-likeness (QED) is 0.301. The van der Waals surface area contributed by atoms with Gasteiger partial charge in [0.25, 0.3) is 5.91 Å². The molecule has 0 fully saturated rings. The monoisotopic (exact) mass is 448 g/mol. The van der Waals surface area contributed by atoms with Crippen LogP contribution in [0.1, 0.15) is 21.5 Å². The lowest BCUT2D eigenvalue weighted by Gasteiger charge is -2.07. The van der Waals surface area contributed by atoms with Gasteiger partial charge in [-0.15, -0.1) is 0 Å². The first-order chi connectivity index (χ1) is 16.6. The summed E-state index contributed by atoms with van der Waals surface area (Å²) in [6.07, 6.45) is 0. The molecule has 0 aliphatic heterocycles. The molecule has 0 saturated heterocycles. The number of rotatable bonds is 5. The summed E-state index contributed by atoms with van der Waals surface area (Å²) < 4.78 is 19.5. The minimum Gasteiger partial charge on any atom is -0.455 e. The molecular formula is C29H21FN2O2. The molecule has 5 heteroatoms. The van der Waals surface area contributed by atoms with Crippen molar-refractivity contribution in [1.29, 1.82) is 0 Å². The molecule has 0 radical (unpaired) electrons. The molecule has 0 aliphatic carbocycles.